The summed E-state index contributed by atoms with van der Waals surface area (Å²) in [5, 5.41) is 23.8. The summed E-state index contributed by atoms with van der Waals surface area (Å²) < 4.78 is 37.2. The lowest BCUT2D eigenvalue weighted by Gasteiger charge is -2.35. The number of ether oxygens (including phenoxy) is 1. The number of nitrogens with two attached hydrogens (primary N) is 1. The van der Waals surface area contributed by atoms with E-state index >= 15 is 0 Å². The van der Waals surface area contributed by atoms with Crippen LogP contribution in [0.3, 0.4) is 0 Å². The molecule has 1 heterocycles. The Balaban J connectivity index is 0.00000109. The number of nitrogens with one attached hydrogen (secondary N) is 4. The van der Waals surface area contributed by atoms with Crippen molar-refractivity contribution in [1.29, 1.82) is 5.41 Å². The summed E-state index contributed by atoms with van der Waals surface area (Å²) in [6, 6.07) is 15.6. The van der Waals surface area contributed by atoms with Gasteiger partial charge < -0.3 is 36.4 Å². The van der Waals surface area contributed by atoms with E-state index in [9.17, 15) is 32.3 Å². The van der Waals surface area contributed by atoms with Gasteiger partial charge in [-0.15, -0.1) is 0 Å². The average Bonchev–Trinajstić information content (AvgIpc) is 3.15. The summed E-state index contributed by atoms with van der Waals surface area (Å²) in [7, 11) is 0. The average molecular weight is 790 g/mol. The third-order valence-electron chi connectivity index (χ3n) is 9.34. The van der Waals surface area contributed by atoms with Crippen LogP contribution in [-0.4, -0.2) is 108 Å². The predicted molar refractivity (Wildman–Crippen MR) is 202 cm³/mol. The molecule has 308 valence electrons. The molecule has 0 spiro atoms. The first kappa shape index (κ1) is 45.2. The molecule has 7 N–H and O–H groups in total. The van der Waals surface area contributed by atoms with Crippen molar-refractivity contribution in [2.45, 2.75) is 83.7 Å². The molecule has 0 radical (unpaired) electrons. The Hall–Kier alpha value is -5.19. The topological polar surface area (TPSA) is 207 Å². The number of carboxylic acid groups (broad SMARTS) is 1. The molecule has 4 amide bonds. The molecule has 14 nitrogen and oxygen atoms in total. The maximum Gasteiger partial charge on any atom is 0.490 e. The Morgan fingerprint density at radius 1 is 0.857 bits per heavy atom. The van der Waals surface area contributed by atoms with Gasteiger partial charge in [-0.1, -0.05) is 73.9 Å². The molecule has 0 bridgehead atoms. The highest BCUT2D eigenvalue weighted by molar-refractivity contribution is 6.02. The van der Waals surface area contributed by atoms with Crippen LogP contribution in [0.25, 0.3) is 0 Å². The van der Waals surface area contributed by atoms with E-state index in [1.807, 2.05) is 51.1 Å². The first-order chi connectivity index (χ1) is 26.3. The second-order valence-electron chi connectivity index (χ2n) is 14.9. The van der Waals surface area contributed by atoms with Crippen LogP contribution < -0.4 is 21.7 Å². The number of hydrogen-bond donors (Lipinski definition) is 6. The smallest absolute Gasteiger partial charge is 0.475 e. The van der Waals surface area contributed by atoms with Gasteiger partial charge in [-0.25, -0.2) is 9.59 Å². The number of carbonyl (C=O) groups is 5. The first-order valence-corrected chi connectivity index (χ1v) is 18.7. The summed E-state index contributed by atoms with van der Waals surface area (Å²) in [4.78, 5) is 66.5. The van der Waals surface area contributed by atoms with Crippen molar-refractivity contribution in [3.63, 3.8) is 0 Å². The Morgan fingerprint density at radius 3 is 1.98 bits per heavy atom. The molecule has 0 aromatic heterocycles. The number of benzene rings is 2. The summed E-state index contributed by atoms with van der Waals surface area (Å²) in [6.07, 6.45) is -0.573. The first-order valence-electron chi connectivity index (χ1n) is 18.7. The molecule has 2 atom stereocenters. The van der Waals surface area contributed by atoms with E-state index in [0.717, 1.165) is 43.2 Å². The molecule has 1 aliphatic carbocycles. The van der Waals surface area contributed by atoms with Gasteiger partial charge in [-0.05, 0) is 57.1 Å². The van der Waals surface area contributed by atoms with Gasteiger partial charge in [0.15, 0.2) is 0 Å². The highest BCUT2D eigenvalue weighted by Gasteiger charge is 2.38. The van der Waals surface area contributed by atoms with Gasteiger partial charge in [0, 0.05) is 51.4 Å². The van der Waals surface area contributed by atoms with E-state index in [4.69, 9.17) is 25.8 Å². The fourth-order valence-electron chi connectivity index (χ4n) is 6.32. The normalized spacial score (nSPS) is 16.3. The molecule has 1 saturated carbocycles. The molecule has 1 aliphatic heterocycles. The van der Waals surface area contributed by atoms with Crippen LogP contribution in [0.2, 0.25) is 0 Å². The number of carbonyl (C=O) groups excluding carboxylic acids is 4. The predicted octanol–water partition coefficient (Wildman–Crippen LogP) is 3.81. The van der Waals surface area contributed by atoms with Crippen LogP contribution in [0.15, 0.2) is 54.6 Å². The van der Waals surface area contributed by atoms with Gasteiger partial charge in [-0.3, -0.25) is 24.7 Å². The van der Waals surface area contributed by atoms with E-state index < -0.39 is 41.5 Å². The van der Waals surface area contributed by atoms with Gasteiger partial charge in [0.2, 0.25) is 17.7 Å². The highest BCUT2D eigenvalue weighted by atomic mass is 19.4. The Kier molecular flexibility index (Phi) is 17.1. The van der Waals surface area contributed by atoms with Gasteiger partial charge >= 0.3 is 18.2 Å². The minimum atomic E-state index is -5.08. The molecule has 1 saturated heterocycles. The lowest BCUT2D eigenvalue weighted by atomic mass is 9.83. The zero-order valence-electron chi connectivity index (χ0n) is 32.1. The number of halogens is 3. The second-order valence-corrected chi connectivity index (χ2v) is 14.9. The van der Waals surface area contributed by atoms with Crippen LogP contribution in [0, 0.1) is 17.2 Å². The third-order valence-corrected chi connectivity index (χ3v) is 9.34. The van der Waals surface area contributed by atoms with Crippen LogP contribution in [0.4, 0.5) is 18.0 Å². The molecule has 17 heteroatoms. The molecule has 2 aromatic carbocycles. The van der Waals surface area contributed by atoms with Crippen LogP contribution in [0.5, 0.6) is 0 Å². The van der Waals surface area contributed by atoms with Crippen LogP contribution in [-0.2, 0) is 36.9 Å². The third kappa shape index (κ3) is 15.5. The number of amides is 4. The highest BCUT2D eigenvalue weighted by Crippen LogP contribution is 2.27. The van der Waals surface area contributed by atoms with Crippen molar-refractivity contribution in [2.24, 2.45) is 17.6 Å². The molecule has 2 fully saturated rings. The zero-order valence-corrected chi connectivity index (χ0v) is 32.1. The second kappa shape index (κ2) is 21.2. The number of carboxylic acids is 1. The Labute approximate surface area is 325 Å². The molecule has 56 heavy (non-hydrogen) atoms. The molecule has 2 aromatic rings. The summed E-state index contributed by atoms with van der Waals surface area (Å²) in [5.41, 5.74) is 7.28. The number of amidine groups is 1. The van der Waals surface area contributed by atoms with Crippen LogP contribution in [0.1, 0.15) is 69.6 Å². The lowest BCUT2D eigenvalue weighted by molar-refractivity contribution is -0.192. The Morgan fingerprint density at radius 2 is 1.45 bits per heavy atom. The molecular weight excluding hydrogens is 735 g/mol. The maximum absolute atomic E-state index is 14.0. The number of nitrogen functional groups attached to an aromatic ring is 1. The van der Waals surface area contributed by atoms with Crippen molar-refractivity contribution < 1.29 is 47.0 Å². The minimum absolute atomic E-state index is 0.0297. The van der Waals surface area contributed by atoms with Crippen molar-refractivity contribution >= 4 is 35.6 Å². The van der Waals surface area contributed by atoms with Crippen LogP contribution >= 0.6 is 0 Å². The van der Waals surface area contributed by atoms with Crippen molar-refractivity contribution in [1.82, 2.24) is 25.8 Å². The standard InChI is InChI=1S/C37H53N7O5.C2HF3O2/c1-37(2,3)49-36(48)44-22-20-43(21-23-44)19-18-40-35(47)31(28-12-8-5-9-13-28)42-34(46)30(24-26-14-16-29(17-15-26)32(38)39)33(45)41-25-27-10-6-4-7-11-27;3-2(4,5)1(6)7/h4,6-7,10-11,14-17,28,30-31H,5,8-9,12-13,18-25H2,1-3H3,(H3,38,39)(H,40,47)(H,41,45)(H,42,46);(H,6,7)/t30-,31+;/m1./s1. The van der Waals surface area contributed by atoms with E-state index in [0.29, 0.717) is 44.8 Å². The molecule has 0 unspecified atom stereocenters. The van der Waals surface area contributed by atoms with E-state index in [1.54, 1.807) is 29.2 Å². The lowest BCUT2D eigenvalue weighted by Crippen LogP contribution is -2.56. The number of nitrogens with zero attached hydrogens (tertiary/aromatic N) is 2. The minimum Gasteiger partial charge on any atom is -0.475 e. The van der Waals surface area contributed by atoms with Gasteiger partial charge in [-0.2, -0.15) is 13.2 Å². The summed E-state index contributed by atoms with van der Waals surface area (Å²) in [5.74, 6) is -5.10. The number of aliphatic carboxylic acids is 1. The van der Waals surface area contributed by atoms with E-state index in [-0.39, 0.29) is 36.7 Å². The van der Waals surface area contributed by atoms with E-state index in [1.165, 1.54) is 0 Å². The summed E-state index contributed by atoms with van der Waals surface area (Å²) in [6.45, 7) is 9.27. The Bertz CT molecular complexity index is 1620. The van der Waals surface area contributed by atoms with Crippen molar-refractivity contribution in [3.05, 3.63) is 71.3 Å². The maximum atomic E-state index is 14.0. The number of alkyl halides is 3. The largest absolute Gasteiger partial charge is 0.490 e. The van der Waals surface area contributed by atoms with Crippen molar-refractivity contribution in [3.8, 4) is 0 Å². The number of hydrogen-bond acceptors (Lipinski definition) is 8. The molecule has 2 aliphatic rings. The zero-order chi connectivity index (χ0) is 41.5. The summed E-state index contributed by atoms with van der Waals surface area (Å²) >= 11 is 0. The monoisotopic (exact) mass is 789 g/mol. The molecular formula is C39H54F3N7O7. The number of piperazine rings is 1. The van der Waals surface area contributed by atoms with Gasteiger partial charge in [0.05, 0.1) is 0 Å². The van der Waals surface area contributed by atoms with Gasteiger partial charge in [0.1, 0.15) is 23.4 Å². The fraction of sp³-hybridized carbons (Fsp3) is 0.538. The fourth-order valence-corrected chi connectivity index (χ4v) is 6.32. The van der Waals surface area contributed by atoms with Crippen molar-refractivity contribution in [2.75, 3.05) is 39.3 Å². The molecule has 4 rings (SSSR count). The van der Waals surface area contributed by atoms with Gasteiger partial charge in [0.25, 0.3) is 0 Å². The van der Waals surface area contributed by atoms with E-state index in [2.05, 4.69) is 20.9 Å². The quantitative estimate of drug-likeness (QED) is 0.0990. The number of rotatable bonds is 13. The SMILES string of the molecule is CC(C)(C)OC(=O)N1CCN(CCNC(=O)[C@@H](NC(=O)[C@H](Cc2ccc(C(=N)N)cc2)C(=O)NCc2ccccc2)C2CCCCC2)CC1.O=C(O)C(F)(F)F.